The lowest BCUT2D eigenvalue weighted by atomic mass is 10.3. The highest BCUT2D eigenvalue weighted by Gasteiger charge is 1.99. The molecule has 0 rings (SSSR count). The van der Waals surface area contributed by atoms with Crippen molar-refractivity contribution in [3.05, 3.63) is 24.9 Å². The summed E-state index contributed by atoms with van der Waals surface area (Å²) >= 11 is 0. The van der Waals surface area contributed by atoms with Gasteiger partial charge in [-0.25, -0.2) is 0 Å². The van der Waals surface area contributed by atoms with Crippen molar-refractivity contribution in [2.24, 2.45) is 0 Å². The van der Waals surface area contributed by atoms with E-state index in [1.807, 2.05) is 17.2 Å². The minimum Gasteiger partial charge on any atom is -0.370 e. The summed E-state index contributed by atoms with van der Waals surface area (Å²) in [5, 5.41) is 0. The number of ketones is 1. The molecular formula is C10H17NO. The predicted octanol–water partition coefficient (Wildman–Crippen LogP) is 1.99. The summed E-state index contributed by atoms with van der Waals surface area (Å²) < 4.78 is 0. The molecule has 0 aliphatic heterocycles. The first-order chi connectivity index (χ1) is 5.70. The van der Waals surface area contributed by atoms with Crippen LogP contribution in [0.15, 0.2) is 24.9 Å². The lowest BCUT2D eigenvalue weighted by molar-refractivity contribution is -0.117. The van der Waals surface area contributed by atoms with Crippen LogP contribution in [-0.2, 0) is 4.79 Å². The van der Waals surface area contributed by atoms with Crippen molar-refractivity contribution in [1.82, 2.24) is 4.90 Å². The molecule has 0 fully saturated rings. The first kappa shape index (κ1) is 11.0. The van der Waals surface area contributed by atoms with Crippen LogP contribution in [0.1, 0.15) is 20.3 Å². The van der Waals surface area contributed by atoms with Crippen LogP contribution in [0, 0.1) is 0 Å². The van der Waals surface area contributed by atoms with Crippen molar-refractivity contribution < 1.29 is 4.79 Å². The highest BCUT2D eigenvalue weighted by Crippen LogP contribution is 1.93. The summed E-state index contributed by atoms with van der Waals surface area (Å²) in [6, 6.07) is 0. The lowest BCUT2D eigenvalue weighted by Crippen LogP contribution is -2.24. The van der Waals surface area contributed by atoms with Crippen molar-refractivity contribution in [3.8, 4) is 0 Å². The van der Waals surface area contributed by atoms with Gasteiger partial charge in [-0.05, 0) is 25.6 Å². The molecule has 0 aromatic heterocycles. The van der Waals surface area contributed by atoms with Crippen molar-refractivity contribution in [1.29, 1.82) is 0 Å². The minimum absolute atomic E-state index is 0.192. The van der Waals surface area contributed by atoms with E-state index in [9.17, 15) is 4.79 Å². The molecule has 0 unspecified atom stereocenters. The summed E-state index contributed by atoms with van der Waals surface area (Å²) in [4.78, 5) is 12.8. The van der Waals surface area contributed by atoms with Crippen molar-refractivity contribution >= 4 is 5.78 Å². The molecule has 2 nitrogen and oxygen atoms in total. The summed E-state index contributed by atoms with van der Waals surface area (Å²) in [6.07, 6.45) is 6.51. The van der Waals surface area contributed by atoms with E-state index in [0.717, 1.165) is 13.0 Å². The third kappa shape index (κ3) is 5.71. The first-order valence-electron chi connectivity index (χ1n) is 4.23. The quantitative estimate of drug-likeness (QED) is 0.564. The molecule has 68 valence electrons. The van der Waals surface area contributed by atoms with E-state index in [1.165, 1.54) is 0 Å². The third-order valence-corrected chi connectivity index (χ3v) is 1.37. The fraction of sp³-hybridized carbons (Fsp3) is 0.500. The number of hydrogen-bond acceptors (Lipinski definition) is 2. The van der Waals surface area contributed by atoms with Gasteiger partial charge in [-0.3, -0.25) is 4.79 Å². The number of carbonyl (C=O) groups is 1. The fourth-order valence-electron chi connectivity index (χ4n) is 0.962. The molecule has 0 aliphatic carbocycles. The van der Waals surface area contributed by atoms with E-state index in [0.29, 0.717) is 6.54 Å². The second kappa shape index (κ2) is 6.65. The van der Waals surface area contributed by atoms with Gasteiger partial charge in [-0.1, -0.05) is 19.6 Å². The van der Waals surface area contributed by atoms with E-state index < -0.39 is 0 Å². The number of allylic oxidation sites excluding steroid dienone is 2. The molecule has 0 aromatic rings. The van der Waals surface area contributed by atoms with Gasteiger partial charge in [0, 0.05) is 6.54 Å². The highest BCUT2D eigenvalue weighted by molar-refractivity contribution is 5.77. The average molecular weight is 167 g/mol. The van der Waals surface area contributed by atoms with Crippen molar-refractivity contribution in [2.75, 3.05) is 13.1 Å². The summed E-state index contributed by atoms with van der Waals surface area (Å²) in [5.41, 5.74) is 0. The topological polar surface area (TPSA) is 20.3 Å². The van der Waals surface area contributed by atoms with Gasteiger partial charge >= 0.3 is 0 Å². The average Bonchev–Trinajstić information content (AvgIpc) is 2.00. The fourth-order valence-corrected chi connectivity index (χ4v) is 0.962. The summed E-state index contributed by atoms with van der Waals surface area (Å²) in [7, 11) is 0. The SMILES string of the molecule is C=C/C=C\N(CCC)CC(C)=O. The van der Waals surface area contributed by atoms with E-state index in [-0.39, 0.29) is 5.78 Å². The number of hydrogen-bond donors (Lipinski definition) is 0. The van der Waals surface area contributed by atoms with Crippen LogP contribution >= 0.6 is 0 Å². The standard InChI is InChI=1S/C10H17NO/c1-4-6-8-11(7-5-2)9-10(3)12/h4,6,8H,1,5,7,9H2,2-3H3/b8-6-. The van der Waals surface area contributed by atoms with Crippen LogP contribution in [0.2, 0.25) is 0 Å². The Kier molecular flexibility index (Phi) is 6.07. The Bertz CT molecular complexity index is 173. The predicted molar refractivity (Wildman–Crippen MR) is 51.9 cm³/mol. The Morgan fingerprint density at radius 1 is 1.58 bits per heavy atom. The van der Waals surface area contributed by atoms with Crippen LogP contribution in [0.4, 0.5) is 0 Å². The van der Waals surface area contributed by atoms with E-state index in [2.05, 4.69) is 13.5 Å². The molecule has 0 heterocycles. The van der Waals surface area contributed by atoms with Gasteiger partial charge in [0.15, 0.2) is 0 Å². The molecule has 0 spiro atoms. The zero-order valence-electron chi connectivity index (χ0n) is 7.92. The van der Waals surface area contributed by atoms with Gasteiger partial charge in [0.05, 0.1) is 6.54 Å². The summed E-state index contributed by atoms with van der Waals surface area (Å²) in [5.74, 6) is 0.192. The number of Topliss-reactive ketones (excluding diaryl/α,β-unsaturated/α-hetero) is 1. The Balaban J connectivity index is 3.93. The minimum atomic E-state index is 0.192. The zero-order chi connectivity index (χ0) is 9.40. The molecule has 0 radical (unpaired) electrons. The maximum absolute atomic E-state index is 10.8. The lowest BCUT2D eigenvalue weighted by Gasteiger charge is -2.16. The molecule has 12 heavy (non-hydrogen) atoms. The highest BCUT2D eigenvalue weighted by atomic mass is 16.1. The van der Waals surface area contributed by atoms with Gasteiger partial charge in [0.2, 0.25) is 0 Å². The van der Waals surface area contributed by atoms with E-state index in [4.69, 9.17) is 0 Å². The molecule has 0 bridgehead atoms. The molecule has 0 amide bonds. The van der Waals surface area contributed by atoms with Gasteiger partial charge in [-0.15, -0.1) is 0 Å². The number of carbonyl (C=O) groups excluding carboxylic acids is 1. The molecule has 0 atom stereocenters. The van der Waals surface area contributed by atoms with Gasteiger partial charge in [-0.2, -0.15) is 0 Å². The van der Waals surface area contributed by atoms with Crippen LogP contribution in [-0.4, -0.2) is 23.8 Å². The van der Waals surface area contributed by atoms with Crippen LogP contribution in [0.25, 0.3) is 0 Å². The normalized spacial score (nSPS) is 10.2. The van der Waals surface area contributed by atoms with E-state index in [1.54, 1.807) is 13.0 Å². The smallest absolute Gasteiger partial charge is 0.149 e. The van der Waals surface area contributed by atoms with Crippen molar-refractivity contribution in [3.63, 3.8) is 0 Å². The van der Waals surface area contributed by atoms with Gasteiger partial charge in [0.1, 0.15) is 5.78 Å². The molecule has 0 aliphatic rings. The molecule has 2 heteroatoms. The molecule has 0 saturated heterocycles. The molecule has 0 N–H and O–H groups in total. The second-order valence-electron chi connectivity index (χ2n) is 2.75. The van der Waals surface area contributed by atoms with Crippen LogP contribution < -0.4 is 0 Å². The zero-order valence-corrected chi connectivity index (χ0v) is 7.92. The Hall–Kier alpha value is -1.05. The Labute approximate surface area is 74.6 Å². The van der Waals surface area contributed by atoms with Gasteiger partial charge in [0.25, 0.3) is 0 Å². The Morgan fingerprint density at radius 3 is 2.67 bits per heavy atom. The maximum Gasteiger partial charge on any atom is 0.149 e. The number of nitrogens with zero attached hydrogens (tertiary/aromatic N) is 1. The van der Waals surface area contributed by atoms with Crippen LogP contribution in [0.5, 0.6) is 0 Å². The number of rotatable bonds is 6. The largest absolute Gasteiger partial charge is 0.370 e. The van der Waals surface area contributed by atoms with E-state index >= 15 is 0 Å². The second-order valence-corrected chi connectivity index (χ2v) is 2.75. The maximum atomic E-state index is 10.8. The molecule has 0 saturated carbocycles. The monoisotopic (exact) mass is 167 g/mol. The third-order valence-electron chi connectivity index (χ3n) is 1.37. The Morgan fingerprint density at radius 2 is 2.25 bits per heavy atom. The van der Waals surface area contributed by atoms with Crippen molar-refractivity contribution in [2.45, 2.75) is 20.3 Å². The van der Waals surface area contributed by atoms with Gasteiger partial charge < -0.3 is 4.90 Å². The first-order valence-corrected chi connectivity index (χ1v) is 4.23. The molecule has 0 aromatic carbocycles. The van der Waals surface area contributed by atoms with Crippen LogP contribution in [0.3, 0.4) is 0 Å². The summed E-state index contributed by atoms with van der Waals surface area (Å²) in [6.45, 7) is 8.69. The molecular weight excluding hydrogens is 150 g/mol.